The van der Waals surface area contributed by atoms with E-state index in [-0.39, 0.29) is 62.9 Å². The van der Waals surface area contributed by atoms with E-state index >= 15 is 0 Å². The molecule has 0 saturated heterocycles. The fraction of sp³-hybridized carbons (Fsp3) is 0.0417. The highest BCUT2D eigenvalue weighted by molar-refractivity contribution is 6.34. The van der Waals surface area contributed by atoms with Crippen LogP contribution < -0.4 is 5.43 Å². The average molecular weight is 948 g/mol. The molecule has 8 aromatic rings. The number of phenolic OH excluding ortho intramolecular Hbond substituents is 2. The number of hydrazone groups is 1. The lowest BCUT2D eigenvalue weighted by Crippen LogP contribution is -2.17. The fourth-order valence-corrected chi connectivity index (χ4v) is 7.32. The topological polar surface area (TPSA) is 252 Å². The Kier molecular flexibility index (Phi) is 13.7. The number of hydrogen-bond donors (Lipinski definition) is 3. The summed E-state index contributed by atoms with van der Waals surface area (Å²) in [6, 6.07) is 39.3. The molecule has 20 heteroatoms. The molecule has 0 bridgehead atoms. The number of nitro benzene ring substituents is 2. The highest BCUT2D eigenvalue weighted by atomic mass is 35.5. The Morgan fingerprint density at radius 3 is 1.84 bits per heavy atom. The Labute approximate surface area is 394 Å². The summed E-state index contributed by atoms with van der Waals surface area (Å²) in [5.41, 5.74) is 5.42. The lowest BCUT2D eigenvalue weighted by molar-refractivity contribution is -0.385. The van der Waals surface area contributed by atoms with Crippen LogP contribution in [-0.4, -0.2) is 32.2 Å². The number of amides is 1. The maximum Gasteiger partial charge on any atom is 0.275 e. The highest BCUT2D eigenvalue weighted by Gasteiger charge is 2.19. The van der Waals surface area contributed by atoms with Crippen molar-refractivity contribution in [1.82, 2.24) is 5.43 Å². The van der Waals surface area contributed by atoms with Gasteiger partial charge in [-0.25, -0.2) is 5.43 Å². The van der Waals surface area contributed by atoms with Gasteiger partial charge in [-0.15, -0.1) is 25.6 Å². The van der Waals surface area contributed by atoms with Crippen LogP contribution in [0.15, 0.2) is 182 Å². The van der Waals surface area contributed by atoms with Crippen molar-refractivity contribution < 1.29 is 29.7 Å². The van der Waals surface area contributed by atoms with Gasteiger partial charge >= 0.3 is 0 Å². The predicted octanol–water partition coefficient (Wildman–Crippen LogP) is 13.9. The summed E-state index contributed by atoms with van der Waals surface area (Å²) in [4.78, 5) is 39.7. The van der Waals surface area contributed by atoms with E-state index in [0.29, 0.717) is 49.7 Å². The quantitative estimate of drug-likeness (QED) is 0.0385. The van der Waals surface area contributed by atoms with Crippen molar-refractivity contribution in [3.8, 4) is 22.6 Å². The molecule has 3 N–H and O–H groups in total. The first-order valence-corrected chi connectivity index (χ1v) is 20.9. The zero-order valence-electron chi connectivity index (χ0n) is 35.0. The molecule has 0 heterocycles. The molecule has 0 atom stereocenters. The standard InChI is InChI=1S/C48H32Cl2N10O8/c49-40-23-30(15-17-42(40)53-55-44-37-13-3-1-9-32(37)21-34(46(44)61)27-68-58-52-26-29-8-6-12-36(20-29)60(66)67)31-16-18-43(41(50)24-31)54-56-45-38-14-4-2-10-33(38)22-39(47(45)62)48(63)57-51-25-28-7-5-11-35(19-28)59(64)65/h1-25,61-62H,26-27H2,(H,57,63). The van der Waals surface area contributed by atoms with Crippen LogP contribution in [0.4, 0.5) is 34.1 Å². The number of benzene rings is 8. The number of carbonyl (C=O) groups excluding carboxylic acids is 1. The van der Waals surface area contributed by atoms with Crippen LogP contribution in [0.1, 0.15) is 27.0 Å². The first-order valence-electron chi connectivity index (χ1n) is 20.1. The molecule has 8 rings (SSSR count). The molecule has 0 aliphatic carbocycles. The van der Waals surface area contributed by atoms with Crippen molar-refractivity contribution in [2.75, 3.05) is 0 Å². The molecule has 8 aromatic carbocycles. The van der Waals surface area contributed by atoms with Crippen molar-refractivity contribution in [1.29, 1.82) is 0 Å². The minimum absolute atomic E-state index is 0.00738. The first kappa shape index (κ1) is 45.6. The van der Waals surface area contributed by atoms with Crippen molar-refractivity contribution in [2.45, 2.75) is 13.2 Å². The summed E-state index contributed by atoms with van der Waals surface area (Å²) in [7, 11) is 0. The number of rotatable bonds is 15. The lowest BCUT2D eigenvalue weighted by atomic mass is 10.0. The largest absolute Gasteiger partial charge is 0.505 e. The van der Waals surface area contributed by atoms with E-state index in [1.807, 2.05) is 12.1 Å². The van der Waals surface area contributed by atoms with Gasteiger partial charge in [0.2, 0.25) is 0 Å². The number of nitro groups is 2. The first-order chi connectivity index (χ1) is 32.9. The number of azo groups is 2. The third-order valence-corrected chi connectivity index (χ3v) is 10.8. The second-order valence-electron chi connectivity index (χ2n) is 14.7. The summed E-state index contributed by atoms with van der Waals surface area (Å²) in [5.74, 6) is -1.41. The van der Waals surface area contributed by atoms with E-state index in [9.17, 15) is 35.2 Å². The Bertz CT molecular complexity index is 3420. The second kappa shape index (κ2) is 20.4. The number of nitrogens with one attached hydrogen (secondary N) is 1. The number of non-ortho nitro benzene ring substituents is 2. The summed E-state index contributed by atoms with van der Waals surface area (Å²) in [6.45, 7) is -0.110. The summed E-state index contributed by atoms with van der Waals surface area (Å²) in [5, 5.41) is 76.7. The number of fused-ring (bicyclic) bond motifs is 2. The van der Waals surface area contributed by atoms with E-state index in [4.69, 9.17) is 28.0 Å². The van der Waals surface area contributed by atoms with Gasteiger partial charge in [0, 0.05) is 51.4 Å². The Balaban J connectivity index is 0.972. The minimum Gasteiger partial charge on any atom is -0.505 e. The maximum absolute atomic E-state index is 13.2. The van der Waals surface area contributed by atoms with Crippen LogP contribution >= 0.6 is 23.2 Å². The number of halogens is 2. The molecule has 336 valence electrons. The molecule has 0 aliphatic heterocycles. The van der Waals surface area contributed by atoms with E-state index in [1.165, 1.54) is 42.6 Å². The van der Waals surface area contributed by atoms with Crippen molar-refractivity contribution in [2.24, 2.45) is 36.0 Å². The van der Waals surface area contributed by atoms with E-state index < -0.39 is 21.5 Å². The number of aromatic hydroxyl groups is 2. The predicted molar refractivity (Wildman–Crippen MR) is 256 cm³/mol. The van der Waals surface area contributed by atoms with Gasteiger partial charge < -0.3 is 15.1 Å². The molecule has 0 unspecified atom stereocenters. The SMILES string of the molecule is O=C(NN=Cc1cccc([N+](=O)[O-])c1)c1cc2ccccc2c(N=Nc2ccc(-c3ccc(N=Nc4c(O)c(CON=NCc5cccc([N+](=O)[O-])c5)cc5ccccc45)c(Cl)c3)cc2Cl)c1O. The van der Waals surface area contributed by atoms with Crippen LogP contribution in [-0.2, 0) is 18.0 Å². The Morgan fingerprint density at radius 1 is 0.647 bits per heavy atom. The summed E-state index contributed by atoms with van der Waals surface area (Å²) < 4.78 is 0. The molecule has 1 amide bonds. The highest BCUT2D eigenvalue weighted by Crippen LogP contribution is 2.43. The van der Waals surface area contributed by atoms with Crippen LogP contribution in [0.2, 0.25) is 10.0 Å². The van der Waals surface area contributed by atoms with E-state index in [2.05, 4.69) is 41.4 Å². The van der Waals surface area contributed by atoms with Gasteiger partial charge in [-0.05, 0) is 63.9 Å². The monoisotopic (exact) mass is 946 g/mol. The smallest absolute Gasteiger partial charge is 0.275 e. The number of carbonyl (C=O) groups is 1. The Hall–Kier alpha value is -9.00. The zero-order chi connectivity index (χ0) is 47.7. The lowest BCUT2D eigenvalue weighted by Gasteiger charge is -2.10. The molecule has 0 fully saturated rings. The van der Waals surface area contributed by atoms with Gasteiger partial charge in [0.25, 0.3) is 17.3 Å². The van der Waals surface area contributed by atoms with Gasteiger partial charge in [-0.1, -0.05) is 108 Å². The molecule has 0 aromatic heterocycles. The molecule has 68 heavy (non-hydrogen) atoms. The Morgan fingerprint density at radius 2 is 1.22 bits per heavy atom. The van der Waals surface area contributed by atoms with Gasteiger partial charge in [0.1, 0.15) is 35.1 Å². The molecule has 0 saturated carbocycles. The second-order valence-corrected chi connectivity index (χ2v) is 15.5. The minimum atomic E-state index is -0.762. The van der Waals surface area contributed by atoms with Crippen LogP contribution in [0.25, 0.3) is 32.7 Å². The molecular weight excluding hydrogens is 915 g/mol. The summed E-state index contributed by atoms with van der Waals surface area (Å²) >= 11 is 13.4. The van der Waals surface area contributed by atoms with E-state index in [0.717, 1.165) is 5.39 Å². The number of phenols is 2. The van der Waals surface area contributed by atoms with Gasteiger partial charge in [-0.2, -0.15) is 5.10 Å². The van der Waals surface area contributed by atoms with Gasteiger partial charge in [-0.3, -0.25) is 25.0 Å². The zero-order valence-corrected chi connectivity index (χ0v) is 36.5. The van der Waals surface area contributed by atoms with Crippen molar-refractivity contribution in [3.63, 3.8) is 0 Å². The summed E-state index contributed by atoms with van der Waals surface area (Å²) in [6.07, 6.45) is 1.24. The van der Waals surface area contributed by atoms with Crippen LogP contribution in [0.3, 0.4) is 0 Å². The molecule has 0 aliphatic rings. The molecule has 0 spiro atoms. The average Bonchev–Trinajstić information content (AvgIpc) is 3.34. The van der Waals surface area contributed by atoms with Crippen molar-refractivity contribution >= 4 is 91.0 Å². The van der Waals surface area contributed by atoms with Crippen LogP contribution in [0.5, 0.6) is 11.5 Å². The number of nitrogens with zero attached hydrogens (tertiary/aromatic N) is 9. The third-order valence-electron chi connectivity index (χ3n) is 10.2. The fourth-order valence-electron chi connectivity index (χ4n) is 6.88. The van der Waals surface area contributed by atoms with Crippen LogP contribution in [0, 0.1) is 20.2 Å². The molecule has 0 radical (unpaired) electrons. The molecule has 18 nitrogen and oxygen atoms in total. The van der Waals surface area contributed by atoms with Gasteiger partial charge in [0.15, 0.2) is 5.75 Å². The van der Waals surface area contributed by atoms with Gasteiger partial charge in [0.05, 0.1) is 38.2 Å². The number of hydrogen-bond acceptors (Lipinski definition) is 15. The third kappa shape index (κ3) is 10.4. The molecular formula is C48H32Cl2N10O8. The normalized spacial score (nSPS) is 11.7. The van der Waals surface area contributed by atoms with Crippen molar-refractivity contribution in [3.05, 3.63) is 198 Å². The maximum atomic E-state index is 13.2. The van der Waals surface area contributed by atoms with E-state index in [1.54, 1.807) is 97.1 Å².